The lowest BCUT2D eigenvalue weighted by molar-refractivity contribution is -0.130. The van der Waals surface area contributed by atoms with Gasteiger partial charge in [-0.1, -0.05) is 42.5 Å². The molecular formula is C24H33N5O2. The highest BCUT2D eigenvalue weighted by Gasteiger charge is 2.21. The highest BCUT2D eigenvalue weighted by molar-refractivity contribution is 5.81. The van der Waals surface area contributed by atoms with Gasteiger partial charge in [-0.25, -0.2) is 0 Å². The Bertz CT molecular complexity index is 863. The maximum absolute atomic E-state index is 12.5. The molecule has 0 atom stereocenters. The lowest BCUT2D eigenvalue weighted by Gasteiger charge is -2.37. The second kappa shape index (κ2) is 11.2. The molecule has 0 bridgehead atoms. The van der Waals surface area contributed by atoms with Crippen molar-refractivity contribution in [3.05, 3.63) is 60.2 Å². The van der Waals surface area contributed by atoms with Crippen molar-refractivity contribution in [2.24, 2.45) is 4.99 Å². The number of rotatable bonds is 7. The molecule has 2 aromatic carbocycles. The molecule has 166 valence electrons. The highest BCUT2D eigenvalue weighted by atomic mass is 16.3. The fourth-order valence-corrected chi connectivity index (χ4v) is 3.71. The molecule has 0 aliphatic carbocycles. The molecule has 1 amide bonds. The summed E-state index contributed by atoms with van der Waals surface area (Å²) in [5.74, 6) is 1.25. The van der Waals surface area contributed by atoms with E-state index in [0.29, 0.717) is 25.3 Å². The van der Waals surface area contributed by atoms with E-state index in [1.165, 1.54) is 0 Å². The molecule has 1 aliphatic rings. The Kier molecular flexibility index (Phi) is 8.15. The normalized spacial score (nSPS) is 14.5. The first kappa shape index (κ1) is 22.5. The molecule has 1 heterocycles. The number of hydrogen-bond acceptors (Lipinski definition) is 4. The second-order valence-electron chi connectivity index (χ2n) is 7.68. The van der Waals surface area contributed by atoms with Crippen LogP contribution in [0.4, 0.5) is 5.69 Å². The van der Waals surface area contributed by atoms with Gasteiger partial charge in [0.15, 0.2) is 5.96 Å². The van der Waals surface area contributed by atoms with Crippen molar-refractivity contribution in [1.29, 1.82) is 0 Å². The Labute approximate surface area is 185 Å². The number of hydrogen-bond donors (Lipinski definition) is 2. The van der Waals surface area contributed by atoms with Crippen LogP contribution < -0.4 is 10.2 Å². The van der Waals surface area contributed by atoms with Crippen LogP contribution in [0.2, 0.25) is 0 Å². The van der Waals surface area contributed by atoms with Crippen molar-refractivity contribution in [3.8, 4) is 5.75 Å². The third-order valence-corrected chi connectivity index (χ3v) is 5.41. The van der Waals surface area contributed by atoms with Gasteiger partial charge in [-0.15, -0.1) is 0 Å². The van der Waals surface area contributed by atoms with Gasteiger partial charge in [0, 0.05) is 52.7 Å². The van der Waals surface area contributed by atoms with Gasteiger partial charge in [-0.2, -0.15) is 0 Å². The first-order valence-electron chi connectivity index (χ1n) is 10.9. The number of carbonyl (C=O) groups is 1. The first-order valence-corrected chi connectivity index (χ1v) is 10.9. The van der Waals surface area contributed by atoms with Crippen molar-refractivity contribution in [3.63, 3.8) is 0 Å². The summed E-state index contributed by atoms with van der Waals surface area (Å²) in [7, 11) is 1.84. The van der Waals surface area contributed by atoms with Gasteiger partial charge in [0.05, 0.1) is 12.2 Å². The summed E-state index contributed by atoms with van der Waals surface area (Å²) < 4.78 is 0. The monoisotopic (exact) mass is 423 g/mol. The summed E-state index contributed by atoms with van der Waals surface area (Å²) in [5, 5.41) is 13.4. The van der Waals surface area contributed by atoms with Crippen LogP contribution in [0.1, 0.15) is 18.9 Å². The topological polar surface area (TPSA) is 71.4 Å². The van der Waals surface area contributed by atoms with Gasteiger partial charge in [0.2, 0.25) is 5.91 Å². The molecule has 7 heteroatoms. The summed E-state index contributed by atoms with van der Waals surface area (Å²) in [5.41, 5.74) is 1.99. The van der Waals surface area contributed by atoms with E-state index in [4.69, 9.17) is 4.99 Å². The fourth-order valence-electron chi connectivity index (χ4n) is 3.71. The van der Waals surface area contributed by atoms with Crippen molar-refractivity contribution < 1.29 is 9.90 Å². The lowest BCUT2D eigenvalue weighted by Crippen LogP contribution is -2.52. The maximum Gasteiger partial charge on any atom is 0.224 e. The van der Waals surface area contributed by atoms with Gasteiger partial charge in [0.1, 0.15) is 5.75 Å². The highest BCUT2D eigenvalue weighted by Crippen LogP contribution is 2.27. The average Bonchev–Trinajstić information content (AvgIpc) is 2.79. The standard InChI is InChI=1S/C24H33N5O2/c1-3-25-24(26-14-13-23(31)27(2)19-20-9-5-4-6-10-20)29-17-15-28(16-18-29)21-11-7-8-12-22(21)30/h4-12,30H,3,13-19H2,1-2H3,(H,25,26). The number of carbonyl (C=O) groups excluding carboxylic acids is 1. The SMILES string of the molecule is CCNC(=NCCC(=O)N(C)Cc1ccccc1)N1CCN(c2ccccc2O)CC1. The quantitative estimate of drug-likeness (QED) is 0.529. The number of nitrogens with zero attached hydrogens (tertiary/aromatic N) is 4. The summed E-state index contributed by atoms with van der Waals surface area (Å²) in [6, 6.07) is 17.5. The molecule has 31 heavy (non-hydrogen) atoms. The van der Waals surface area contributed by atoms with Crippen molar-refractivity contribution in [1.82, 2.24) is 15.1 Å². The molecule has 1 saturated heterocycles. The Morgan fingerprint density at radius 1 is 1.06 bits per heavy atom. The van der Waals surface area contributed by atoms with Crippen molar-refractivity contribution in [2.45, 2.75) is 19.9 Å². The van der Waals surface area contributed by atoms with Crippen LogP contribution in [0.25, 0.3) is 0 Å². The van der Waals surface area contributed by atoms with Crippen LogP contribution in [-0.4, -0.2) is 73.1 Å². The Morgan fingerprint density at radius 3 is 2.42 bits per heavy atom. The zero-order chi connectivity index (χ0) is 22.1. The third-order valence-electron chi connectivity index (χ3n) is 5.41. The Morgan fingerprint density at radius 2 is 1.74 bits per heavy atom. The van der Waals surface area contributed by atoms with Gasteiger partial charge in [0.25, 0.3) is 0 Å². The predicted octanol–water partition coefficient (Wildman–Crippen LogP) is 2.53. The summed E-state index contributed by atoms with van der Waals surface area (Å²) in [4.78, 5) is 23.4. The number of amides is 1. The van der Waals surface area contributed by atoms with Gasteiger partial charge in [-0.3, -0.25) is 9.79 Å². The van der Waals surface area contributed by atoms with E-state index in [2.05, 4.69) is 15.1 Å². The average molecular weight is 424 g/mol. The molecule has 2 N–H and O–H groups in total. The first-order chi connectivity index (χ1) is 15.1. The smallest absolute Gasteiger partial charge is 0.224 e. The number of benzene rings is 2. The number of para-hydroxylation sites is 2. The molecule has 1 aliphatic heterocycles. The number of piperazine rings is 1. The summed E-state index contributed by atoms with van der Waals surface area (Å²) >= 11 is 0. The molecule has 0 radical (unpaired) electrons. The molecule has 2 aromatic rings. The van der Waals surface area contributed by atoms with E-state index in [1.807, 2.05) is 62.5 Å². The number of aliphatic imine (C=N–C) groups is 1. The largest absolute Gasteiger partial charge is 0.506 e. The zero-order valence-corrected chi connectivity index (χ0v) is 18.5. The van der Waals surface area contributed by atoms with Gasteiger partial charge < -0.3 is 25.1 Å². The van der Waals surface area contributed by atoms with E-state index in [0.717, 1.165) is 49.9 Å². The molecule has 3 rings (SSSR count). The molecular weight excluding hydrogens is 390 g/mol. The van der Waals surface area contributed by atoms with E-state index in [-0.39, 0.29) is 5.91 Å². The fraction of sp³-hybridized carbons (Fsp3) is 0.417. The molecule has 0 saturated carbocycles. The van der Waals surface area contributed by atoms with Crippen LogP contribution in [0.3, 0.4) is 0 Å². The molecule has 7 nitrogen and oxygen atoms in total. The summed E-state index contributed by atoms with van der Waals surface area (Å²) in [6.45, 7) is 7.12. The van der Waals surface area contributed by atoms with Crippen LogP contribution in [0.5, 0.6) is 5.75 Å². The molecule has 0 unspecified atom stereocenters. The number of aromatic hydroxyl groups is 1. The summed E-state index contributed by atoms with van der Waals surface area (Å²) in [6.07, 6.45) is 0.385. The van der Waals surface area contributed by atoms with E-state index in [1.54, 1.807) is 11.0 Å². The van der Waals surface area contributed by atoms with E-state index >= 15 is 0 Å². The number of anilines is 1. The van der Waals surface area contributed by atoms with Gasteiger partial charge >= 0.3 is 0 Å². The molecule has 0 aromatic heterocycles. The van der Waals surface area contributed by atoms with Crippen LogP contribution in [0.15, 0.2) is 59.6 Å². The number of guanidine groups is 1. The minimum Gasteiger partial charge on any atom is -0.506 e. The van der Waals surface area contributed by atoms with Crippen molar-refractivity contribution >= 4 is 17.6 Å². The minimum atomic E-state index is 0.0906. The maximum atomic E-state index is 12.5. The van der Waals surface area contributed by atoms with E-state index in [9.17, 15) is 9.90 Å². The number of phenolic OH excluding ortho intramolecular Hbond substituents is 1. The zero-order valence-electron chi connectivity index (χ0n) is 18.5. The third kappa shape index (κ3) is 6.38. The molecule has 1 fully saturated rings. The van der Waals surface area contributed by atoms with Crippen LogP contribution in [0, 0.1) is 0 Å². The Balaban J connectivity index is 1.51. The predicted molar refractivity (Wildman–Crippen MR) is 125 cm³/mol. The molecule has 0 spiro atoms. The van der Waals surface area contributed by atoms with Crippen LogP contribution >= 0.6 is 0 Å². The number of phenols is 1. The van der Waals surface area contributed by atoms with E-state index < -0.39 is 0 Å². The van der Waals surface area contributed by atoms with Gasteiger partial charge in [-0.05, 0) is 24.6 Å². The van der Waals surface area contributed by atoms with Crippen molar-refractivity contribution in [2.75, 3.05) is 51.2 Å². The lowest BCUT2D eigenvalue weighted by atomic mass is 10.2. The minimum absolute atomic E-state index is 0.0906. The number of nitrogens with one attached hydrogen (secondary N) is 1. The van der Waals surface area contributed by atoms with Crippen LogP contribution in [-0.2, 0) is 11.3 Å². The Hall–Kier alpha value is -3.22. The second-order valence-corrected chi connectivity index (χ2v) is 7.68.